The lowest BCUT2D eigenvalue weighted by Gasteiger charge is -2.44. The van der Waals surface area contributed by atoms with E-state index in [0.717, 1.165) is 31.4 Å². The Labute approximate surface area is 152 Å². The van der Waals surface area contributed by atoms with Gasteiger partial charge in [0.2, 0.25) is 0 Å². The average molecular weight is 378 g/mol. The highest BCUT2D eigenvalue weighted by molar-refractivity contribution is 8.55. The van der Waals surface area contributed by atoms with Crippen LogP contribution >= 0.6 is 18.2 Å². The Morgan fingerprint density at radius 2 is 1.67 bits per heavy atom. The van der Waals surface area contributed by atoms with E-state index in [9.17, 15) is 4.57 Å². The van der Waals surface area contributed by atoms with Crippen LogP contribution in [-0.4, -0.2) is 43.0 Å². The predicted octanol–water partition coefficient (Wildman–Crippen LogP) is 5.73. The van der Waals surface area contributed by atoms with Crippen molar-refractivity contribution in [3.8, 4) is 0 Å². The molecule has 2 saturated heterocycles. The molecule has 0 N–H and O–H groups in total. The zero-order valence-electron chi connectivity index (χ0n) is 15.6. The smallest absolute Gasteiger partial charge is 0.301 e. The van der Waals surface area contributed by atoms with Crippen LogP contribution < -0.4 is 0 Å². The van der Waals surface area contributed by atoms with Gasteiger partial charge in [-0.2, -0.15) is 0 Å². The minimum absolute atomic E-state index is 0.549. The van der Waals surface area contributed by atoms with Crippen LogP contribution in [0.15, 0.2) is 0 Å². The van der Waals surface area contributed by atoms with Crippen LogP contribution in [0.2, 0.25) is 0 Å². The third-order valence-electron chi connectivity index (χ3n) is 5.17. The van der Waals surface area contributed by atoms with Crippen LogP contribution in [-0.2, 0) is 13.6 Å². The van der Waals surface area contributed by atoms with Gasteiger partial charge >= 0.3 is 6.80 Å². The second-order valence-electron chi connectivity index (χ2n) is 7.12. The van der Waals surface area contributed by atoms with Crippen molar-refractivity contribution in [1.82, 2.24) is 4.90 Å². The molecule has 0 bridgehead atoms. The van der Waals surface area contributed by atoms with Crippen LogP contribution in [0.25, 0.3) is 0 Å². The van der Waals surface area contributed by atoms with Crippen molar-refractivity contribution in [2.75, 3.05) is 32.1 Å². The standard InChI is InChI=1S/C18H36NO3PS/c1-3-5-14-21-23(20,22-15-6-4-2)24-16-17-10-9-13-19-12-8-7-11-18(17)19/h17-18H,3-16H2,1-2H3/t17-,18+/m0/s1. The summed E-state index contributed by atoms with van der Waals surface area (Å²) in [7, 11) is 0. The van der Waals surface area contributed by atoms with Gasteiger partial charge in [0.1, 0.15) is 0 Å². The van der Waals surface area contributed by atoms with Gasteiger partial charge in [0, 0.05) is 11.8 Å². The normalized spacial score (nSPS) is 25.6. The van der Waals surface area contributed by atoms with E-state index < -0.39 is 6.80 Å². The Morgan fingerprint density at radius 3 is 2.33 bits per heavy atom. The maximum atomic E-state index is 13.1. The highest BCUT2D eigenvalue weighted by atomic mass is 32.7. The second kappa shape index (κ2) is 11.2. The quantitative estimate of drug-likeness (QED) is 0.340. The first kappa shape index (κ1) is 20.8. The minimum atomic E-state index is -2.99. The maximum absolute atomic E-state index is 13.1. The summed E-state index contributed by atoms with van der Waals surface area (Å²) in [5, 5.41) is 0. The largest absolute Gasteiger partial charge is 0.389 e. The van der Waals surface area contributed by atoms with Crippen molar-refractivity contribution >= 4 is 18.2 Å². The highest BCUT2D eigenvalue weighted by Crippen LogP contribution is 2.61. The van der Waals surface area contributed by atoms with Crippen LogP contribution in [0, 0.1) is 5.92 Å². The van der Waals surface area contributed by atoms with Gasteiger partial charge in [0.05, 0.1) is 13.2 Å². The van der Waals surface area contributed by atoms with Gasteiger partial charge in [-0.3, -0.25) is 0 Å². The molecule has 24 heavy (non-hydrogen) atoms. The molecule has 6 heteroatoms. The van der Waals surface area contributed by atoms with Crippen LogP contribution in [0.5, 0.6) is 0 Å². The van der Waals surface area contributed by atoms with E-state index in [2.05, 4.69) is 18.7 Å². The summed E-state index contributed by atoms with van der Waals surface area (Å²) in [5.74, 6) is 1.55. The highest BCUT2D eigenvalue weighted by Gasteiger charge is 2.35. The third kappa shape index (κ3) is 6.64. The number of hydrogen-bond donors (Lipinski definition) is 0. The van der Waals surface area contributed by atoms with Crippen molar-refractivity contribution in [3.05, 3.63) is 0 Å². The van der Waals surface area contributed by atoms with E-state index in [1.54, 1.807) is 0 Å². The lowest BCUT2D eigenvalue weighted by molar-refractivity contribution is 0.0693. The number of piperidine rings is 2. The van der Waals surface area contributed by atoms with E-state index in [4.69, 9.17) is 9.05 Å². The van der Waals surface area contributed by atoms with Crippen LogP contribution in [0.4, 0.5) is 0 Å². The van der Waals surface area contributed by atoms with E-state index in [1.165, 1.54) is 56.6 Å². The van der Waals surface area contributed by atoms with Crippen molar-refractivity contribution in [1.29, 1.82) is 0 Å². The van der Waals surface area contributed by atoms with Gasteiger partial charge in [-0.25, -0.2) is 4.57 Å². The molecule has 2 aliphatic rings. The maximum Gasteiger partial charge on any atom is 0.389 e. The van der Waals surface area contributed by atoms with Gasteiger partial charge in [-0.05, 0) is 68.9 Å². The zero-order chi connectivity index (χ0) is 17.3. The third-order valence-corrected chi connectivity index (χ3v) is 9.09. The van der Waals surface area contributed by atoms with E-state index in [1.807, 2.05) is 0 Å². The first-order chi connectivity index (χ1) is 11.7. The first-order valence-electron chi connectivity index (χ1n) is 9.96. The summed E-state index contributed by atoms with van der Waals surface area (Å²) < 4.78 is 24.5. The molecule has 2 aliphatic heterocycles. The molecular weight excluding hydrogens is 341 g/mol. The van der Waals surface area contributed by atoms with Crippen LogP contribution in [0.3, 0.4) is 0 Å². The van der Waals surface area contributed by atoms with Crippen molar-refractivity contribution in [2.45, 2.75) is 77.7 Å². The molecule has 0 amide bonds. The van der Waals surface area contributed by atoms with Crippen LogP contribution in [0.1, 0.15) is 71.6 Å². The minimum Gasteiger partial charge on any atom is -0.301 e. The Bertz CT molecular complexity index is 380. The number of nitrogens with zero attached hydrogens (tertiary/aromatic N) is 1. The Kier molecular flexibility index (Phi) is 9.72. The summed E-state index contributed by atoms with van der Waals surface area (Å²) in [6, 6.07) is 0.694. The van der Waals surface area contributed by atoms with Crippen molar-refractivity contribution < 1.29 is 13.6 Å². The Morgan fingerprint density at radius 1 is 1.00 bits per heavy atom. The number of unbranched alkanes of at least 4 members (excludes halogenated alkanes) is 2. The fourth-order valence-electron chi connectivity index (χ4n) is 3.71. The van der Waals surface area contributed by atoms with E-state index in [-0.39, 0.29) is 0 Å². The summed E-state index contributed by atoms with van der Waals surface area (Å²) in [6.45, 7) is 4.86. The molecule has 0 aromatic heterocycles. The molecule has 0 aliphatic carbocycles. The predicted molar refractivity (Wildman–Crippen MR) is 104 cm³/mol. The second-order valence-corrected chi connectivity index (χ2v) is 11.2. The van der Waals surface area contributed by atoms with Crippen molar-refractivity contribution in [2.24, 2.45) is 5.92 Å². The molecule has 0 unspecified atom stereocenters. The molecule has 0 saturated carbocycles. The summed E-state index contributed by atoms with van der Waals surface area (Å²) in [6.07, 6.45) is 10.5. The molecule has 2 heterocycles. The monoisotopic (exact) mass is 377 g/mol. The number of fused-ring (bicyclic) bond motifs is 1. The lowest BCUT2D eigenvalue weighted by atomic mass is 9.85. The van der Waals surface area contributed by atoms with Gasteiger partial charge in [-0.15, -0.1) is 0 Å². The molecule has 2 rings (SSSR count). The van der Waals surface area contributed by atoms with Gasteiger partial charge in [-0.1, -0.05) is 33.1 Å². The lowest BCUT2D eigenvalue weighted by Crippen LogP contribution is -2.48. The Balaban J connectivity index is 1.86. The molecule has 2 fully saturated rings. The summed E-state index contributed by atoms with van der Waals surface area (Å²) in [4.78, 5) is 2.67. The molecule has 0 spiro atoms. The summed E-state index contributed by atoms with van der Waals surface area (Å²) >= 11 is 1.47. The van der Waals surface area contributed by atoms with Gasteiger partial charge < -0.3 is 13.9 Å². The molecule has 142 valence electrons. The SMILES string of the molecule is CCCCOP(=O)(OCCCC)SC[C@@H]1CCCN2CCCC[C@H]12. The van der Waals surface area contributed by atoms with E-state index >= 15 is 0 Å². The van der Waals surface area contributed by atoms with E-state index in [0.29, 0.717) is 25.2 Å². The fraction of sp³-hybridized carbons (Fsp3) is 1.00. The number of rotatable bonds is 11. The number of hydrogen-bond acceptors (Lipinski definition) is 5. The van der Waals surface area contributed by atoms with Crippen molar-refractivity contribution in [3.63, 3.8) is 0 Å². The molecular formula is C18H36NO3PS. The molecule has 0 radical (unpaired) electrons. The fourth-order valence-corrected chi connectivity index (χ4v) is 7.42. The molecule has 0 aromatic rings. The Hall–Kier alpha value is 0.460. The topological polar surface area (TPSA) is 38.8 Å². The molecule has 2 atom stereocenters. The van der Waals surface area contributed by atoms with Gasteiger partial charge in [0.15, 0.2) is 0 Å². The zero-order valence-corrected chi connectivity index (χ0v) is 17.3. The molecule has 0 aromatic carbocycles. The average Bonchev–Trinajstić information content (AvgIpc) is 2.60. The first-order valence-corrected chi connectivity index (χ1v) is 13.1. The molecule has 4 nitrogen and oxygen atoms in total. The summed E-state index contributed by atoms with van der Waals surface area (Å²) in [5.41, 5.74) is 0. The van der Waals surface area contributed by atoms with Gasteiger partial charge in [0.25, 0.3) is 0 Å².